The maximum Gasteiger partial charge on any atom is 0.180 e. The number of allylic oxidation sites excluding steroid dienone is 1. The summed E-state index contributed by atoms with van der Waals surface area (Å²) in [6.07, 6.45) is 1.67. The number of fused-ring (bicyclic) bond motifs is 1. The highest BCUT2D eigenvalue weighted by Gasteiger charge is 2.18. The number of hydrogen-bond donors (Lipinski definition) is 0. The van der Waals surface area contributed by atoms with E-state index in [2.05, 4.69) is 27.5 Å². The molecule has 0 radical (unpaired) electrons. The van der Waals surface area contributed by atoms with Crippen molar-refractivity contribution in [3.8, 4) is 0 Å². The van der Waals surface area contributed by atoms with E-state index in [4.69, 9.17) is 0 Å². The van der Waals surface area contributed by atoms with Crippen molar-refractivity contribution < 1.29 is 9.18 Å². The number of pyridine rings is 1. The molecule has 3 nitrogen and oxygen atoms in total. The summed E-state index contributed by atoms with van der Waals surface area (Å²) in [5.74, 6) is -0.684. The third-order valence-electron chi connectivity index (χ3n) is 2.38. The van der Waals surface area contributed by atoms with Gasteiger partial charge in [0, 0.05) is 17.6 Å². The van der Waals surface area contributed by atoms with E-state index in [0.29, 0.717) is 15.7 Å². The monoisotopic (exact) mass is 296 g/mol. The second kappa shape index (κ2) is 4.07. The number of nitrogens with zero attached hydrogens (tertiary/aromatic N) is 2. The van der Waals surface area contributed by atoms with Crippen LogP contribution < -0.4 is 0 Å². The molecule has 0 fully saturated rings. The molecule has 2 heterocycles. The Morgan fingerprint density at radius 2 is 2.18 bits per heavy atom. The number of aromatic nitrogens is 2. The van der Waals surface area contributed by atoms with Gasteiger partial charge in [-0.1, -0.05) is 6.58 Å². The standard InChI is InChI=1S/C12H10BrFN2O/c1-6(2)11-10(7(3)17)15-12-9(14)4-8(13)5-16(11)12/h4-5H,1H2,2-3H3. The van der Waals surface area contributed by atoms with E-state index in [9.17, 15) is 9.18 Å². The van der Waals surface area contributed by atoms with Crippen LogP contribution in [0.15, 0.2) is 23.3 Å². The van der Waals surface area contributed by atoms with Crippen LogP contribution >= 0.6 is 15.9 Å². The fourth-order valence-corrected chi connectivity index (χ4v) is 2.13. The average molecular weight is 297 g/mol. The molecule has 2 aromatic rings. The minimum Gasteiger partial charge on any atom is -0.296 e. The Morgan fingerprint density at radius 3 is 2.71 bits per heavy atom. The number of imidazole rings is 1. The summed E-state index contributed by atoms with van der Waals surface area (Å²) in [7, 11) is 0. The van der Waals surface area contributed by atoms with Crippen LogP contribution in [0.25, 0.3) is 11.2 Å². The highest BCUT2D eigenvalue weighted by Crippen LogP contribution is 2.24. The summed E-state index contributed by atoms with van der Waals surface area (Å²) >= 11 is 3.21. The lowest BCUT2D eigenvalue weighted by Gasteiger charge is -2.03. The zero-order valence-electron chi connectivity index (χ0n) is 9.42. The molecular weight excluding hydrogens is 287 g/mol. The van der Waals surface area contributed by atoms with E-state index in [1.165, 1.54) is 13.0 Å². The summed E-state index contributed by atoms with van der Waals surface area (Å²) in [6, 6.07) is 1.31. The molecule has 0 aliphatic carbocycles. The van der Waals surface area contributed by atoms with Gasteiger partial charge >= 0.3 is 0 Å². The van der Waals surface area contributed by atoms with Crippen molar-refractivity contribution in [2.45, 2.75) is 13.8 Å². The van der Waals surface area contributed by atoms with Crippen LogP contribution in [-0.2, 0) is 0 Å². The lowest BCUT2D eigenvalue weighted by Crippen LogP contribution is -1.98. The summed E-state index contributed by atoms with van der Waals surface area (Å²) < 4.78 is 15.8. The molecule has 88 valence electrons. The Hall–Kier alpha value is -1.49. The lowest BCUT2D eigenvalue weighted by atomic mass is 10.1. The van der Waals surface area contributed by atoms with Gasteiger partial charge in [-0.15, -0.1) is 0 Å². The smallest absolute Gasteiger partial charge is 0.180 e. The molecule has 0 spiro atoms. The molecule has 0 saturated heterocycles. The second-order valence-corrected chi connectivity index (χ2v) is 4.76. The van der Waals surface area contributed by atoms with Gasteiger partial charge in [0.1, 0.15) is 5.69 Å². The largest absolute Gasteiger partial charge is 0.296 e. The predicted molar refractivity (Wildman–Crippen MR) is 67.6 cm³/mol. The van der Waals surface area contributed by atoms with Crippen LogP contribution in [0.4, 0.5) is 4.39 Å². The fraction of sp³-hybridized carbons (Fsp3) is 0.167. The minimum absolute atomic E-state index is 0.136. The molecule has 0 unspecified atom stereocenters. The maximum absolute atomic E-state index is 13.7. The molecule has 0 aliphatic heterocycles. The van der Waals surface area contributed by atoms with Crippen molar-refractivity contribution in [3.63, 3.8) is 0 Å². The molecule has 0 aromatic carbocycles. The SMILES string of the molecule is C=C(C)c1c(C(C)=O)nc2c(F)cc(Br)cn12. The van der Waals surface area contributed by atoms with Gasteiger partial charge in [-0.05, 0) is 34.5 Å². The number of Topliss-reactive ketones (excluding diaryl/α,β-unsaturated/α-hetero) is 1. The first-order valence-corrected chi connectivity index (χ1v) is 5.75. The Balaban J connectivity index is 2.95. The van der Waals surface area contributed by atoms with Gasteiger partial charge in [-0.3, -0.25) is 9.20 Å². The molecule has 0 bridgehead atoms. The van der Waals surface area contributed by atoms with Crippen molar-refractivity contribution in [2.75, 3.05) is 0 Å². The van der Waals surface area contributed by atoms with E-state index in [-0.39, 0.29) is 17.1 Å². The van der Waals surface area contributed by atoms with Crippen LogP contribution in [0.1, 0.15) is 30.0 Å². The highest BCUT2D eigenvalue weighted by atomic mass is 79.9. The quantitative estimate of drug-likeness (QED) is 0.795. The van der Waals surface area contributed by atoms with Gasteiger partial charge in [0.25, 0.3) is 0 Å². The van der Waals surface area contributed by atoms with Crippen LogP contribution in [0.2, 0.25) is 0 Å². The van der Waals surface area contributed by atoms with Crippen LogP contribution in [-0.4, -0.2) is 15.2 Å². The van der Waals surface area contributed by atoms with E-state index >= 15 is 0 Å². The number of carbonyl (C=O) groups excluding carboxylic acids is 1. The molecule has 0 amide bonds. The fourth-order valence-electron chi connectivity index (χ4n) is 1.73. The van der Waals surface area contributed by atoms with Gasteiger partial charge in [-0.2, -0.15) is 0 Å². The molecule has 0 saturated carbocycles. The maximum atomic E-state index is 13.7. The van der Waals surface area contributed by atoms with E-state index in [0.717, 1.165) is 0 Å². The molecule has 0 atom stereocenters. The van der Waals surface area contributed by atoms with Crippen LogP contribution in [0.5, 0.6) is 0 Å². The van der Waals surface area contributed by atoms with Crippen LogP contribution in [0, 0.1) is 5.82 Å². The minimum atomic E-state index is -0.477. The number of halogens is 2. The van der Waals surface area contributed by atoms with Crippen molar-refractivity contribution in [1.82, 2.24) is 9.38 Å². The molecular formula is C12H10BrFN2O. The van der Waals surface area contributed by atoms with Gasteiger partial charge in [0.05, 0.1) is 5.69 Å². The molecule has 5 heteroatoms. The first-order valence-electron chi connectivity index (χ1n) is 4.95. The summed E-state index contributed by atoms with van der Waals surface area (Å²) in [4.78, 5) is 15.5. The summed E-state index contributed by atoms with van der Waals surface area (Å²) in [5, 5.41) is 0. The van der Waals surface area contributed by atoms with Crippen molar-refractivity contribution in [3.05, 3.63) is 40.5 Å². The zero-order chi connectivity index (χ0) is 12.7. The third-order valence-corrected chi connectivity index (χ3v) is 2.81. The number of rotatable bonds is 2. The lowest BCUT2D eigenvalue weighted by molar-refractivity contribution is 0.101. The van der Waals surface area contributed by atoms with E-state index in [1.807, 2.05) is 0 Å². The first-order chi connectivity index (χ1) is 7.91. The Kier molecular flexibility index (Phi) is 2.87. The molecule has 2 aromatic heterocycles. The Morgan fingerprint density at radius 1 is 1.53 bits per heavy atom. The third kappa shape index (κ3) is 1.91. The molecule has 17 heavy (non-hydrogen) atoms. The van der Waals surface area contributed by atoms with Gasteiger partial charge in [0.2, 0.25) is 0 Å². The first kappa shape index (κ1) is 12.0. The average Bonchev–Trinajstić information content (AvgIpc) is 2.56. The highest BCUT2D eigenvalue weighted by molar-refractivity contribution is 9.10. The summed E-state index contributed by atoms with van der Waals surface area (Å²) in [6.45, 7) is 6.96. The number of hydrogen-bond acceptors (Lipinski definition) is 2. The van der Waals surface area contributed by atoms with Crippen molar-refractivity contribution in [2.24, 2.45) is 0 Å². The van der Waals surface area contributed by atoms with E-state index < -0.39 is 5.82 Å². The van der Waals surface area contributed by atoms with Crippen LogP contribution in [0.3, 0.4) is 0 Å². The Bertz CT molecular complexity index is 645. The van der Waals surface area contributed by atoms with Gasteiger partial charge in [-0.25, -0.2) is 9.37 Å². The summed E-state index contributed by atoms with van der Waals surface area (Å²) in [5.41, 5.74) is 1.60. The van der Waals surface area contributed by atoms with Gasteiger partial charge in [0.15, 0.2) is 17.2 Å². The normalized spacial score (nSPS) is 10.8. The van der Waals surface area contributed by atoms with E-state index in [1.54, 1.807) is 17.5 Å². The molecule has 0 aliphatic rings. The number of carbonyl (C=O) groups is 1. The van der Waals surface area contributed by atoms with Gasteiger partial charge < -0.3 is 0 Å². The topological polar surface area (TPSA) is 34.4 Å². The Labute approximate surface area is 106 Å². The zero-order valence-corrected chi connectivity index (χ0v) is 11.0. The predicted octanol–water partition coefficient (Wildman–Crippen LogP) is 3.47. The van der Waals surface area contributed by atoms with Crippen molar-refractivity contribution in [1.29, 1.82) is 0 Å². The second-order valence-electron chi connectivity index (χ2n) is 3.85. The number of ketones is 1. The molecule has 0 N–H and O–H groups in total. The van der Waals surface area contributed by atoms with Crippen molar-refractivity contribution >= 4 is 32.9 Å². The molecule has 2 rings (SSSR count).